The van der Waals surface area contributed by atoms with Crippen molar-refractivity contribution in [2.75, 3.05) is 0 Å². The van der Waals surface area contributed by atoms with Crippen LogP contribution in [0.15, 0.2) is 30.5 Å². The molecule has 0 aliphatic carbocycles. The average Bonchev–Trinajstić information content (AvgIpc) is 2.70. The summed E-state index contributed by atoms with van der Waals surface area (Å²) in [7, 11) is 1.46. The molecule has 0 atom stereocenters. The molecule has 7 heteroatoms. The molecule has 0 amide bonds. The molecule has 0 aliphatic rings. The van der Waals surface area contributed by atoms with E-state index in [1.54, 1.807) is 0 Å². The molecule has 100 valence electrons. The van der Waals surface area contributed by atoms with Crippen LogP contribution in [0.2, 0.25) is 0 Å². The normalized spacial score (nSPS) is 11.6. The maximum atomic E-state index is 12.4. The van der Waals surface area contributed by atoms with Crippen LogP contribution < -0.4 is 0 Å². The fourth-order valence-corrected chi connectivity index (χ4v) is 1.74. The van der Waals surface area contributed by atoms with Crippen LogP contribution >= 0.6 is 0 Å². The minimum absolute atomic E-state index is 0.0697. The van der Waals surface area contributed by atoms with E-state index in [9.17, 15) is 18.0 Å². The fraction of sp³-hybridized carbons (Fsp3) is 0.167. The van der Waals surface area contributed by atoms with E-state index in [1.165, 1.54) is 25.4 Å². The molecule has 0 saturated carbocycles. The van der Waals surface area contributed by atoms with Gasteiger partial charge in [0, 0.05) is 12.6 Å². The molecule has 1 heterocycles. The molecular formula is C12H9F3N2O2. The number of carboxylic acids is 1. The summed E-state index contributed by atoms with van der Waals surface area (Å²) in [5.74, 6) is -1.19. The van der Waals surface area contributed by atoms with Crippen molar-refractivity contribution in [3.8, 4) is 11.1 Å². The molecule has 0 unspecified atom stereocenters. The molecule has 2 aromatic rings. The van der Waals surface area contributed by atoms with Gasteiger partial charge in [-0.25, -0.2) is 4.79 Å². The van der Waals surface area contributed by atoms with Crippen molar-refractivity contribution < 1.29 is 23.1 Å². The van der Waals surface area contributed by atoms with Gasteiger partial charge in [-0.3, -0.25) is 4.68 Å². The van der Waals surface area contributed by atoms with Crippen LogP contribution in [0.3, 0.4) is 0 Å². The minimum Gasteiger partial charge on any atom is -0.477 e. The summed E-state index contributed by atoms with van der Waals surface area (Å²) in [6.07, 6.45) is -3.10. The van der Waals surface area contributed by atoms with Gasteiger partial charge in [0.1, 0.15) is 0 Å². The van der Waals surface area contributed by atoms with E-state index in [1.807, 2.05) is 0 Å². The predicted molar refractivity (Wildman–Crippen MR) is 60.6 cm³/mol. The second-order valence-electron chi connectivity index (χ2n) is 3.91. The topological polar surface area (TPSA) is 55.1 Å². The Morgan fingerprint density at radius 1 is 1.26 bits per heavy atom. The molecule has 0 spiro atoms. The van der Waals surface area contributed by atoms with Crippen molar-refractivity contribution in [1.82, 2.24) is 9.78 Å². The number of hydrogen-bond acceptors (Lipinski definition) is 2. The molecule has 1 aromatic carbocycles. The fourth-order valence-electron chi connectivity index (χ4n) is 1.74. The first kappa shape index (κ1) is 13.1. The lowest BCUT2D eigenvalue weighted by molar-refractivity contribution is -0.137. The predicted octanol–water partition coefficient (Wildman–Crippen LogP) is 2.80. The summed E-state index contributed by atoms with van der Waals surface area (Å²) in [6, 6.07) is 4.28. The van der Waals surface area contributed by atoms with E-state index in [-0.39, 0.29) is 11.3 Å². The Hall–Kier alpha value is -2.31. The van der Waals surface area contributed by atoms with Crippen LogP contribution in [0.1, 0.15) is 16.1 Å². The largest absolute Gasteiger partial charge is 0.477 e. The zero-order chi connectivity index (χ0) is 14.2. The van der Waals surface area contributed by atoms with Crippen LogP contribution in [0.4, 0.5) is 13.2 Å². The van der Waals surface area contributed by atoms with Gasteiger partial charge >= 0.3 is 12.1 Å². The highest BCUT2D eigenvalue weighted by atomic mass is 19.4. The summed E-state index contributed by atoms with van der Waals surface area (Å²) < 4.78 is 38.4. The van der Waals surface area contributed by atoms with Crippen LogP contribution in [-0.4, -0.2) is 20.9 Å². The minimum atomic E-state index is -4.41. The number of aryl methyl sites for hydroxylation is 1. The molecule has 0 aliphatic heterocycles. The Morgan fingerprint density at radius 3 is 2.32 bits per heavy atom. The third-order valence-corrected chi connectivity index (χ3v) is 2.66. The van der Waals surface area contributed by atoms with E-state index in [0.717, 1.165) is 16.8 Å². The van der Waals surface area contributed by atoms with Crippen LogP contribution in [0.5, 0.6) is 0 Å². The lowest BCUT2D eigenvalue weighted by Crippen LogP contribution is -2.07. The quantitative estimate of drug-likeness (QED) is 0.912. The van der Waals surface area contributed by atoms with Gasteiger partial charge < -0.3 is 5.11 Å². The van der Waals surface area contributed by atoms with Gasteiger partial charge in [0.2, 0.25) is 0 Å². The molecule has 2 rings (SSSR count). The number of hydrogen-bond donors (Lipinski definition) is 1. The summed E-state index contributed by atoms with van der Waals surface area (Å²) in [5, 5.41) is 12.8. The number of carbonyl (C=O) groups is 1. The maximum absolute atomic E-state index is 12.4. The summed E-state index contributed by atoms with van der Waals surface area (Å²) >= 11 is 0. The van der Waals surface area contributed by atoms with Gasteiger partial charge in [-0.2, -0.15) is 18.3 Å². The van der Waals surface area contributed by atoms with Gasteiger partial charge in [0.15, 0.2) is 5.69 Å². The Bertz CT molecular complexity index is 615. The average molecular weight is 270 g/mol. The van der Waals surface area contributed by atoms with E-state index in [0.29, 0.717) is 5.56 Å². The molecule has 0 bridgehead atoms. The van der Waals surface area contributed by atoms with Crippen LogP contribution in [0, 0.1) is 0 Å². The van der Waals surface area contributed by atoms with Gasteiger partial charge in [0.25, 0.3) is 0 Å². The first-order valence-corrected chi connectivity index (χ1v) is 5.23. The lowest BCUT2D eigenvalue weighted by Gasteiger charge is -2.07. The standard InChI is InChI=1S/C12H9F3N2O2/c1-17-10(11(18)19)9(6-16-17)7-2-4-8(5-3-7)12(13,14)15/h2-6H,1H3,(H,18,19). The zero-order valence-electron chi connectivity index (χ0n) is 9.77. The van der Waals surface area contributed by atoms with Crippen molar-refractivity contribution >= 4 is 5.97 Å². The SMILES string of the molecule is Cn1ncc(-c2ccc(C(F)(F)F)cc2)c1C(=O)O. The van der Waals surface area contributed by atoms with Crippen molar-refractivity contribution in [3.05, 3.63) is 41.7 Å². The van der Waals surface area contributed by atoms with Gasteiger partial charge in [0.05, 0.1) is 11.8 Å². The molecular weight excluding hydrogens is 261 g/mol. The Labute approximate surface area is 106 Å². The number of aromatic nitrogens is 2. The number of aromatic carboxylic acids is 1. The number of nitrogens with zero attached hydrogens (tertiary/aromatic N) is 2. The summed E-state index contributed by atoms with van der Waals surface area (Å²) in [4.78, 5) is 11.1. The van der Waals surface area contributed by atoms with Gasteiger partial charge in [-0.1, -0.05) is 12.1 Å². The smallest absolute Gasteiger partial charge is 0.416 e. The van der Waals surface area contributed by atoms with Crippen molar-refractivity contribution in [3.63, 3.8) is 0 Å². The molecule has 0 fully saturated rings. The number of benzene rings is 1. The van der Waals surface area contributed by atoms with Crippen LogP contribution in [0.25, 0.3) is 11.1 Å². The van der Waals surface area contributed by atoms with Crippen molar-refractivity contribution in [2.45, 2.75) is 6.18 Å². The molecule has 1 aromatic heterocycles. The number of rotatable bonds is 2. The van der Waals surface area contributed by atoms with Gasteiger partial charge in [-0.15, -0.1) is 0 Å². The molecule has 0 saturated heterocycles. The first-order chi connectivity index (χ1) is 8.80. The zero-order valence-corrected chi connectivity index (χ0v) is 9.77. The molecule has 4 nitrogen and oxygen atoms in total. The maximum Gasteiger partial charge on any atom is 0.416 e. The Balaban J connectivity index is 2.46. The highest BCUT2D eigenvalue weighted by Crippen LogP contribution is 2.31. The summed E-state index contributed by atoms with van der Waals surface area (Å²) in [6.45, 7) is 0. The second kappa shape index (κ2) is 4.42. The van der Waals surface area contributed by atoms with Crippen LogP contribution in [-0.2, 0) is 13.2 Å². The molecule has 19 heavy (non-hydrogen) atoms. The molecule has 1 N–H and O–H groups in total. The Kier molecular flexibility index (Phi) is 3.05. The van der Waals surface area contributed by atoms with Crippen molar-refractivity contribution in [1.29, 1.82) is 0 Å². The third-order valence-electron chi connectivity index (χ3n) is 2.66. The number of alkyl halides is 3. The third kappa shape index (κ3) is 2.44. The lowest BCUT2D eigenvalue weighted by atomic mass is 10.0. The van der Waals surface area contributed by atoms with E-state index in [4.69, 9.17) is 5.11 Å². The van der Waals surface area contributed by atoms with E-state index in [2.05, 4.69) is 5.10 Å². The van der Waals surface area contributed by atoms with E-state index < -0.39 is 17.7 Å². The highest BCUT2D eigenvalue weighted by Gasteiger charge is 2.30. The number of carboxylic acid groups (broad SMARTS) is 1. The number of halogens is 3. The highest BCUT2D eigenvalue weighted by molar-refractivity contribution is 5.94. The summed E-state index contributed by atoms with van der Waals surface area (Å²) in [5.41, 5.74) is -0.195. The first-order valence-electron chi connectivity index (χ1n) is 5.23. The Morgan fingerprint density at radius 2 is 1.84 bits per heavy atom. The van der Waals surface area contributed by atoms with E-state index >= 15 is 0 Å². The monoisotopic (exact) mass is 270 g/mol. The van der Waals surface area contributed by atoms with Crippen molar-refractivity contribution in [2.24, 2.45) is 7.05 Å². The molecule has 0 radical (unpaired) electrons. The van der Waals surface area contributed by atoms with Gasteiger partial charge in [-0.05, 0) is 17.7 Å². The second-order valence-corrected chi connectivity index (χ2v) is 3.91.